The molecule has 2 rings (SSSR count). The van der Waals surface area contributed by atoms with Crippen molar-refractivity contribution in [2.24, 2.45) is 5.11 Å². The van der Waals surface area contributed by atoms with Crippen molar-refractivity contribution in [3.63, 3.8) is 0 Å². The maximum Gasteiger partial charge on any atom is 0.339 e. The molecule has 0 saturated heterocycles. The van der Waals surface area contributed by atoms with Crippen molar-refractivity contribution >= 4 is 28.6 Å². The number of rotatable bonds is 5. The van der Waals surface area contributed by atoms with Crippen molar-refractivity contribution in [2.45, 2.75) is 6.10 Å². The molecule has 0 radical (unpaired) electrons. The molecule has 0 aliphatic rings. The second-order valence-corrected chi connectivity index (χ2v) is 5.50. The zero-order valence-corrected chi connectivity index (χ0v) is 13.5. The Morgan fingerprint density at radius 2 is 1.95 bits per heavy atom. The minimum absolute atomic E-state index is 0.0582. The number of nitrogens with zero attached hydrogens (tertiary/aromatic N) is 3. The molecule has 0 bridgehead atoms. The van der Waals surface area contributed by atoms with Crippen LogP contribution >= 0.6 is 22.6 Å². The van der Waals surface area contributed by atoms with Gasteiger partial charge in [0, 0.05) is 8.48 Å². The Hall–Kier alpha value is -2.12. The van der Waals surface area contributed by atoms with Gasteiger partial charge in [-0.1, -0.05) is 29.4 Å². The Labute approximate surface area is 139 Å². The highest BCUT2D eigenvalue weighted by molar-refractivity contribution is 14.1. The molecule has 22 heavy (non-hydrogen) atoms. The first-order valence-corrected chi connectivity index (χ1v) is 7.41. The minimum Gasteiger partial charge on any atom is -0.454 e. The zero-order valence-electron chi connectivity index (χ0n) is 11.3. The first-order chi connectivity index (χ1) is 10.6. The highest BCUT2D eigenvalue weighted by Gasteiger charge is 2.19. The van der Waals surface area contributed by atoms with Gasteiger partial charge >= 0.3 is 5.97 Å². The molecule has 2 aromatic carbocycles. The second-order valence-electron chi connectivity index (χ2n) is 4.34. The summed E-state index contributed by atoms with van der Waals surface area (Å²) in [7, 11) is 0. The zero-order chi connectivity index (χ0) is 15.9. The smallest absolute Gasteiger partial charge is 0.339 e. The van der Waals surface area contributed by atoms with Gasteiger partial charge < -0.3 is 4.74 Å². The third-order valence-electron chi connectivity index (χ3n) is 2.90. The van der Waals surface area contributed by atoms with Crippen molar-refractivity contribution in [3.8, 4) is 0 Å². The Balaban J connectivity index is 2.23. The van der Waals surface area contributed by atoms with E-state index in [0.29, 0.717) is 11.1 Å². The van der Waals surface area contributed by atoms with Gasteiger partial charge in [0.05, 0.1) is 12.1 Å². The van der Waals surface area contributed by atoms with E-state index in [2.05, 4.69) is 10.0 Å². The second kappa shape index (κ2) is 7.77. The lowest BCUT2D eigenvalue weighted by Gasteiger charge is -2.17. The predicted octanol–water partition coefficient (Wildman–Crippen LogP) is 4.64. The number of esters is 1. The van der Waals surface area contributed by atoms with Crippen LogP contribution in [0, 0.1) is 9.39 Å². The Morgan fingerprint density at radius 3 is 2.59 bits per heavy atom. The Kier molecular flexibility index (Phi) is 5.74. The van der Waals surface area contributed by atoms with Crippen LogP contribution in [0.15, 0.2) is 53.6 Å². The number of carbonyl (C=O) groups excluding carboxylic acids is 1. The molecule has 0 spiro atoms. The molecule has 0 saturated carbocycles. The lowest BCUT2D eigenvalue weighted by Crippen LogP contribution is -2.15. The molecule has 0 aliphatic heterocycles. The van der Waals surface area contributed by atoms with Crippen molar-refractivity contribution in [1.29, 1.82) is 0 Å². The molecular weight excluding hydrogens is 400 g/mol. The summed E-state index contributed by atoms with van der Waals surface area (Å²) in [6.45, 7) is -0.0582. The molecule has 5 nitrogen and oxygen atoms in total. The molecule has 2 aromatic rings. The number of hydrogen-bond acceptors (Lipinski definition) is 3. The van der Waals surface area contributed by atoms with E-state index in [0.717, 1.165) is 3.57 Å². The van der Waals surface area contributed by atoms with E-state index in [1.165, 1.54) is 24.3 Å². The summed E-state index contributed by atoms with van der Waals surface area (Å²) in [5, 5.41) is 3.45. The molecule has 1 atom stereocenters. The first-order valence-electron chi connectivity index (χ1n) is 6.33. The van der Waals surface area contributed by atoms with E-state index in [4.69, 9.17) is 10.3 Å². The quantitative estimate of drug-likeness (QED) is 0.236. The summed E-state index contributed by atoms with van der Waals surface area (Å²) in [4.78, 5) is 14.9. The fourth-order valence-electron chi connectivity index (χ4n) is 1.82. The van der Waals surface area contributed by atoms with Crippen LogP contribution < -0.4 is 0 Å². The van der Waals surface area contributed by atoms with Crippen LogP contribution in [0.5, 0.6) is 0 Å². The van der Waals surface area contributed by atoms with Crippen LogP contribution in [0.4, 0.5) is 4.39 Å². The number of halogens is 2. The van der Waals surface area contributed by atoms with Gasteiger partial charge in [-0.2, -0.15) is 0 Å². The van der Waals surface area contributed by atoms with Crippen LogP contribution in [0.25, 0.3) is 10.4 Å². The van der Waals surface area contributed by atoms with Gasteiger partial charge in [-0.25, -0.2) is 9.18 Å². The fraction of sp³-hybridized carbons (Fsp3) is 0.133. The number of benzene rings is 2. The third kappa shape index (κ3) is 4.19. The highest BCUT2D eigenvalue weighted by atomic mass is 127. The summed E-state index contributed by atoms with van der Waals surface area (Å²) in [6, 6.07) is 12.5. The standard InChI is InChI=1S/C15H11FIN3O2/c16-11-7-5-10(6-8-11)14(9-19-20-18)22-15(21)12-3-1-2-4-13(12)17/h1-8,14H,9H2. The Morgan fingerprint density at radius 1 is 1.27 bits per heavy atom. The lowest BCUT2D eigenvalue weighted by molar-refractivity contribution is 0.0315. The van der Waals surface area contributed by atoms with Crippen molar-refractivity contribution in [2.75, 3.05) is 6.54 Å². The number of hydrogen-bond donors (Lipinski definition) is 0. The van der Waals surface area contributed by atoms with E-state index in [9.17, 15) is 9.18 Å². The SMILES string of the molecule is [N-]=[N+]=NCC(OC(=O)c1ccccc1I)c1ccc(F)cc1. The van der Waals surface area contributed by atoms with Crippen LogP contribution in [0.3, 0.4) is 0 Å². The van der Waals surface area contributed by atoms with E-state index in [1.807, 2.05) is 28.7 Å². The molecule has 112 valence electrons. The number of ether oxygens (including phenoxy) is 1. The van der Waals surface area contributed by atoms with Gasteiger partial charge in [-0.3, -0.25) is 0 Å². The normalized spacial score (nSPS) is 11.4. The summed E-state index contributed by atoms with van der Waals surface area (Å²) in [5.74, 6) is -0.914. The first kappa shape index (κ1) is 16.3. The van der Waals surface area contributed by atoms with E-state index in [1.54, 1.807) is 18.2 Å². The van der Waals surface area contributed by atoms with Crippen molar-refractivity contribution < 1.29 is 13.9 Å². The molecular formula is C15H11FIN3O2. The van der Waals surface area contributed by atoms with E-state index < -0.39 is 17.9 Å². The van der Waals surface area contributed by atoms with Gasteiger partial charge in [-0.15, -0.1) is 0 Å². The molecule has 0 fully saturated rings. The van der Waals surface area contributed by atoms with Crippen LogP contribution in [0.1, 0.15) is 22.0 Å². The van der Waals surface area contributed by atoms with Crippen LogP contribution in [-0.2, 0) is 4.74 Å². The largest absolute Gasteiger partial charge is 0.454 e. The van der Waals surface area contributed by atoms with Gasteiger partial charge in [0.15, 0.2) is 0 Å². The molecule has 1 unspecified atom stereocenters. The van der Waals surface area contributed by atoms with Gasteiger partial charge in [0.25, 0.3) is 0 Å². The minimum atomic E-state index is -0.764. The fourth-order valence-corrected chi connectivity index (χ4v) is 2.43. The monoisotopic (exact) mass is 411 g/mol. The number of carbonyl (C=O) groups is 1. The molecule has 0 aliphatic carbocycles. The maximum atomic E-state index is 13.0. The molecule has 0 N–H and O–H groups in total. The van der Waals surface area contributed by atoms with Gasteiger partial charge in [-0.05, 0) is 58.0 Å². The highest BCUT2D eigenvalue weighted by Crippen LogP contribution is 2.22. The van der Waals surface area contributed by atoms with E-state index in [-0.39, 0.29) is 6.54 Å². The topological polar surface area (TPSA) is 75.1 Å². The van der Waals surface area contributed by atoms with Crippen LogP contribution in [-0.4, -0.2) is 12.5 Å². The average Bonchev–Trinajstić information content (AvgIpc) is 2.52. The van der Waals surface area contributed by atoms with Gasteiger partial charge in [0.1, 0.15) is 11.9 Å². The Bertz CT molecular complexity index is 715. The third-order valence-corrected chi connectivity index (χ3v) is 3.84. The molecule has 0 amide bonds. The van der Waals surface area contributed by atoms with Crippen molar-refractivity contribution in [1.82, 2.24) is 0 Å². The van der Waals surface area contributed by atoms with Crippen LogP contribution in [0.2, 0.25) is 0 Å². The summed E-state index contributed by atoms with van der Waals surface area (Å²) >= 11 is 2.04. The average molecular weight is 411 g/mol. The molecule has 0 aromatic heterocycles. The molecule has 7 heteroatoms. The predicted molar refractivity (Wildman–Crippen MR) is 87.7 cm³/mol. The summed E-state index contributed by atoms with van der Waals surface area (Å²) < 4.78 is 19.2. The summed E-state index contributed by atoms with van der Waals surface area (Å²) in [5.41, 5.74) is 9.45. The van der Waals surface area contributed by atoms with Gasteiger partial charge in [0.2, 0.25) is 0 Å². The number of azide groups is 1. The van der Waals surface area contributed by atoms with Crippen molar-refractivity contribution in [3.05, 3.63) is 79.5 Å². The lowest BCUT2D eigenvalue weighted by atomic mass is 10.1. The summed E-state index contributed by atoms with van der Waals surface area (Å²) in [6.07, 6.45) is -0.764. The maximum absolute atomic E-state index is 13.0. The van der Waals surface area contributed by atoms with E-state index >= 15 is 0 Å². The molecule has 0 heterocycles.